The molecule has 2 aromatic rings. The van der Waals surface area contributed by atoms with Crippen molar-refractivity contribution in [3.05, 3.63) is 77.9 Å². The summed E-state index contributed by atoms with van der Waals surface area (Å²) in [7, 11) is 3.90. The Labute approximate surface area is 153 Å². The fourth-order valence-electron chi connectivity index (χ4n) is 2.05. The predicted molar refractivity (Wildman–Crippen MR) is 106 cm³/mol. The van der Waals surface area contributed by atoms with E-state index in [1.807, 2.05) is 55.4 Å². The zero-order valence-electron chi connectivity index (χ0n) is 14.9. The van der Waals surface area contributed by atoms with Gasteiger partial charge < -0.3 is 9.74 Å². The topological polar surface area (TPSA) is 66.3 Å². The SMILES string of the molecule is C=CCO/N=C/c1cccc(/C=N/NC(=O)c2ccc(N(C)C)cc2)c1. The van der Waals surface area contributed by atoms with Crippen LogP contribution in [-0.4, -0.2) is 39.0 Å². The normalized spacial score (nSPS) is 10.8. The van der Waals surface area contributed by atoms with Crippen molar-refractivity contribution in [3.63, 3.8) is 0 Å². The van der Waals surface area contributed by atoms with E-state index in [9.17, 15) is 4.79 Å². The van der Waals surface area contributed by atoms with Crippen LogP contribution >= 0.6 is 0 Å². The number of amides is 1. The highest BCUT2D eigenvalue weighted by molar-refractivity contribution is 5.95. The summed E-state index contributed by atoms with van der Waals surface area (Å²) >= 11 is 0. The van der Waals surface area contributed by atoms with Gasteiger partial charge in [0.25, 0.3) is 5.91 Å². The van der Waals surface area contributed by atoms with Crippen molar-refractivity contribution < 1.29 is 9.63 Å². The minimum absolute atomic E-state index is 0.262. The number of nitrogens with zero attached hydrogens (tertiary/aromatic N) is 3. The van der Waals surface area contributed by atoms with Crippen LogP contribution in [-0.2, 0) is 4.84 Å². The molecule has 0 saturated carbocycles. The van der Waals surface area contributed by atoms with E-state index in [1.54, 1.807) is 30.6 Å². The number of anilines is 1. The third-order valence-corrected chi connectivity index (χ3v) is 3.40. The highest BCUT2D eigenvalue weighted by Gasteiger charge is 2.04. The lowest BCUT2D eigenvalue weighted by Gasteiger charge is -2.12. The smallest absolute Gasteiger partial charge is 0.271 e. The summed E-state index contributed by atoms with van der Waals surface area (Å²) in [5.74, 6) is -0.262. The van der Waals surface area contributed by atoms with Gasteiger partial charge in [0.15, 0.2) is 0 Å². The molecule has 6 nitrogen and oxygen atoms in total. The largest absolute Gasteiger partial charge is 0.392 e. The van der Waals surface area contributed by atoms with Crippen LogP contribution in [0.25, 0.3) is 0 Å². The Morgan fingerprint density at radius 1 is 1.15 bits per heavy atom. The molecule has 0 bridgehead atoms. The maximum atomic E-state index is 12.1. The molecule has 0 aliphatic carbocycles. The molecule has 2 rings (SSSR count). The number of hydrogen-bond acceptors (Lipinski definition) is 5. The predicted octanol–water partition coefficient (Wildman–Crippen LogP) is 3.05. The summed E-state index contributed by atoms with van der Waals surface area (Å²) in [5.41, 5.74) is 5.80. The molecule has 26 heavy (non-hydrogen) atoms. The Balaban J connectivity index is 1.94. The molecule has 0 atom stereocenters. The molecule has 0 aliphatic rings. The van der Waals surface area contributed by atoms with Gasteiger partial charge in [0.1, 0.15) is 6.61 Å². The van der Waals surface area contributed by atoms with Crippen molar-refractivity contribution in [1.82, 2.24) is 5.43 Å². The lowest BCUT2D eigenvalue weighted by Crippen LogP contribution is -2.18. The monoisotopic (exact) mass is 350 g/mol. The second-order valence-electron chi connectivity index (χ2n) is 5.63. The van der Waals surface area contributed by atoms with Crippen LogP contribution in [0.2, 0.25) is 0 Å². The van der Waals surface area contributed by atoms with Crippen molar-refractivity contribution in [2.75, 3.05) is 25.6 Å². The first-order valence-electron chi connectivity index (χ1n) is 8.07. The van der Waals surface area contributed by atoms with Crippen LogP contribution < -0.4 is 10.3 Å². The zero-order valence-corrected chi connectivity index (χ0v) is 14.9. The van der Waals surface area contributed by atoms with Crippen molar-refractivity contribution in [2.45, 2.75) is 0 Å². The van der Waals surface area contributed by atoms with Crippen molar-refractivity contribution in [1.29, 1.82) is 0 Å². The third kappa shape index (κ3) is 5.90. The highest BCUT2D eigenvalue weighted by Crippen LogP contribution is 2.12. The molecule has 0 aliphatic heterocycles. The van der Waals surface area contributed by atoms with Crippen molar-refractivity contribution in [2.24, 2.45) is 10.3 Å². The summed E-state index contributed by atoms with van der Waals surface area (Å²) in [6, 6.07) is 14.8. The van der Waals surface area contributed by atoms with E-state index in [0.717, 1.165) is 16.8 Å². The van der Waals surface area contributed by atoms with Crippen LogP contribution in [0.15, 0.2) is 71.4 Å². The van der Waals surface area contributed by atoms with Gasteiger partial charge in [-0.1, -0.05) is 36.0 Å². The fraction of sp³-hybridized carbons (Fsp3) is 0.150. The second kappa shape index (κ2) is 9.78. The van der Waals surface area contributed by atoms with Gasteiger partial charge in [-0.3, -0.25) is 4.79 Å². The molecule has 1 N–H and O–H groups in total. The zero-order chi connectivity index (χ0) is 18.8. The molecule has 0 spiro atoms. The van der Waals surface area contributed by atoms with E-state index in [0.29, 0.717) is 12.2 Å². The summed E-state index contributed by atoms with van der Waals surface area (Å²) in [6.07, 6.45) is 4.80. The molecular formula is C20H22N4O2. The standard InChI is InChI=1S/C20H22N4O2/c1-4-12-26-22-15-17-7-5-6-16(13-17)14-21-23-20(25)18-8-10-19(11-9-18)24(2)3/h4-11,13-15H,1,12H2,2-3H3,(H,23,25)/b21-14+,22-15+. The quantitative estimate of drug-likeness (QED) is 0.344. The average molecular weight is 350 g/mol. The van der Waals surface area contributed by atoms with Gasteiger partial charge in [0.05, 0.1) is 12.4 Å². The van der Waals surface area contributed by atoms with E-state index < -0.39 is 0 Å². The van der Waals surface area contributed by atoms with Crippen molar-refractivity contribution in [3.8, 4) is 0 Å². The molecule has 0 unspecified atom stereocenters. The number of oxime groups is 1. The molecular weight excluding hydrogens is 328 g/mol. The molecule has 0 heterocycles. The Hall–Kier alpha value is -3.41. The van der Waals surface area contributed by atoms with E-state index in [2.05, 4.69) is 22.3 Å². The highest BCUT2D eigenvalue weighted by atomic mass is 16.6. The molecule has 134 valence electrons. The Bertz CT molecular complexity index is 796. The Kier molecular flexibility index (Phi) is 7.12. The first-order valence-corrected chi connectivity index (χ1v) is 8.07. The van der Waals surface area contributed by atoms with E-state index in [-0.39, 0.29) is 5.91 Å². The van der Waals surface area contributed by atoms with Crippen molar-refractivity contribution >= 4 is 24.0 Å². The Morgan fingerprint density at radius 3 is 2.50 bits per heavy atom. The summed E-state index contributed by atoms with van der Waals surface area (Å²) in [5, 5.41) is 7.83. The first-order chi connectivity index (χ1) is 12.6. The minimum atomic E-state index is -0.262. The number of carbonyl (C=O) groups excluding carboxylic acids is 1. The van der Waals surface area contributed by atoms with Crippen LogP contribution in [0.1, 0.15) is 21.5 Å². The van der Waals surface area contributed by atoms with E-state index >= 15 is 0 Å². The van der Waals surface area contributed by atoms with E-state index in [4.69, 9.17) is 4.84 Å². The lowest BCUT2D eigenvalue weighted by molar-refractivity contribution is 0.0955. The van der Waals surface area contributed by atoms with Crippen LogP contribution in [0.4, 0.5) is 5.69 Å². The minimum Gasteiger partial charge on any atom is -0.392 e. The van der Waals surface area contributed by atoms with Crippen LogP contribution in [0.5, 0.6) is 0 Å². The molecule has 0 radical (unpaired) electrons. The summed E-state index contributed by atoms with van der Waals surface area (Å²) in [6.45, 7) is 3.91. The average Bonchev–Trinajstić information content (AvgIpc) is 2.65. The maximum Gasteiger partial charge on any atom is 0.271 e. The van der Waals surface area contributed by atoms with Gasteiger partial charge in [-0.05, 0) is 41.5 Å². The number of hydrazone groups is 1. The number of benzene rings is 2. The van der Waals surface area contributed by atoms with Crippen LogP contribution in [0, 0.1) is 0 Å². The van der Waals surface area contributed by atoms with Gasteiger partial charge in [0, 0.05) is 25.3 Å². The van der Waals surface area contributed by atoms with Gasteiger partial charge in [-0.25, -0.2) is 5.43 Å². The van der Waals surface area contributed by atoms with Gasteiger partial charge in [-0.2, -0.15) is 5.10 Å². The van der Waals surface area contributed by atoms with Gasteiger partial charge >= 0.3 is 0 Å². The van der Waals surface area contributed by atoms with E-state index in [1.165, 1.54) is 0 Å². The molecule has 1 amide bonds. The van der Waals surface area contributed by atoms with Gasteiger partial charge in [0.2, 0.25) is 0 Å². The Morgan fingerprint density at radius 2 is 1.85 bits per heavy atom. The maximum absolute atomic E-state index is 12.1. The summed E-state index contributed by atoms with van der Waals surface area (Å²) < 4.78 is 0. The molecule has 0 saturated heterocycles. The number of carbonyl (C=O) groups is 1. The molecule has 6 heteroatoms. The first kappa shape index (κ1) is 18.9. The number of rotatable bonds is 8. The fourth-order valence-corrected chi connectivity index (χ4v) is 2.05. The molecule has 0 aromatic heterocycles. The molecule has 2 aromatic carbocycles. The summed E-state index contributed by atoms with van der Waals surface area (Å²) in [4.78, 5) is 19.0. The van der Waals surface area contributed by atoms with Crippen LogP contribution in [0.3, 0.4) is 0 Å². The van der Waals surface area contributed by atoms with Gasteiger partial charge in [-0.15, -0.1) is 0 Å². The third-order valence-electron chi connectivity index (χ3n) is 3.40. The number of nitrogens with one attached hydrogen (secondary N) is 1. The molecule has 0 fully saturated rings. The lowest BCUT2D eigenvalue weighted by atomic mass is 10.1. The second-order valence-corrected chi connectivity index (χ2v) is 5.63. The number of hydrogen-bond donors (Lipinski definition) is 1.